The van der Waals surface area contributed by atoms with Gasteiger partial charge >= 0.3 is 0 Å². The topological polar surface area (TPSA) is 59.6 Å². The van der Waals surface area contributed by atoms with Crippen LogP contribution in [0.15, 0.2) is 30.3 Å². The van der Waals surface area contributed by atoms with E-state index < -0.39 is 5.41 Å². The second kappa shape index (κ2) is 8.88. The van der Waals surface area contributed by atoms with Crippen molar-refractivity contribution >= 4 is 5.91 Å². The molecule has 0 aliphatic carbocycles. The second-order valence-corrected chi connectivity index (χ2v) is 5.56. The zero-order valence-corrected chi connectivity index (χ0v) is 13.3. The Labute approximate surface area is 132 Å². The number of hydrogen-bond donors (Lipinski definition) is 2. The average molecular weight is 306 g/mol. The molecule has 0 saturated carbocycles. The van der Waals surface area contributed by atoms with Crippen LogP contribution in [0.2, 0.25) is 0 Å². The van der Waals surface area contributed by atoms with E-state index >= 15 is 0 Å². The van der Waals surface area contributed by atoms with E-state index in [-0.39, 0.29) is 5.91 Å². The van der Waals surface area contributed by atoms with Crippen molar-refractivity contribution in [2.45, 2.75) is 18.3 Å². The zero-order chi connectivity index (χ0) is 15.7. The van der Waals surface area contributed by atoms with Gasteiger partial charge in [0, 0.05) is 40.0 Å². The molecule has 2 N–H and O–H groups in total. The van der Waals surface area contributed by atoms with Crippen LogP contribution in [0.5, 0.6) is 0 Å². The summed E-state index contributed by atoms with van der Waals surface area (Å²) in [5.74, 6) is 0.107. The van der Waals surface area contributed by atoms with Crippen molar-refractivity contribution in [2.75, 3.05) is 46.6 Å². The van der Waals surface area contributed by atoms with Gasteiger partial charge in [-0.2, -0.15) is 0 Å². The predicted molar refractivity (Wildman–Crippen MR) is 85.9 cm³/mol. The summed E-state index contributed by atoms with van der Waals surface area (Å²) in [4.78, 5) is 12.8. The summed E-state index contributed by atoms with van der Waals surface area (Å²) in [6, 6.07) is 10.1. The molecule has 0 radical (unpaired) electrons. The first-order chi connectivity index (χ1) is 10.8. The Morgan fingerprint density at radius 3 is 2.59 bits per heavy atom. The molecule has 1 aromatic carbocycles. The van der Waals surface area contributed by atoms with Gasteiger partial charge in [0.05, 0.1) is 12.0 Å². The van der Waals surface area contributed by atoms with Crippen LogP contribution < -0.4 is 10.6 Å². The molecular weight excluding hydrogens is 280 g/mol. The third-order valence-corrected chi connectivity index (χ3v) is 4.18. The summed E-state index contributed by atoms with van der Waals surface area (Å²) >= 11 is 0. The van der Waals surface area contributed by atoms with E-state index in [0.29, 0.717) is 26.4 Å². The first-order valence-electron chi connectivity index (χ1n) is 7.91. The van der Waals surface area contributed by atoms with Crippen LogP contribution in [0, 0.1) is 0 Å². The number of benzene rings is 1. The van der Waals surface area contributed by atoms with Crippen molar-refractivity contribution in [3.8, 4) is 0 Å². The lowest BCUT2D eigenvalue weighted by Crippen LogP contribution is -2.49. The van der Waals surface area contributed by atoms with Gasteiger partial charge in [-0.05, 0) is 18.4 Å². The smallest absolute Gasteiger partial charge is 0.230 e. The van der Waals surface area contributed by atoms with Crippen LogP contribution in [0.4, 0.5) is 0 Å². The normalized spacial score (nSPS) is 17.1. The fourth-order valence-electron chi connectivity index (χ4n) is 2.86. The standard InChI is InChI=1S/C17H26N2O3/c1-21-14-11-18-9-10-19-16(20)17(7-12-22-13-8-17)15-5-3-2-4-6-15/h2-6,18H,7-14H2,1H3,(H,19,20). The molecule has 1 aromatic rings. The highest BCUT2D eigenvalue weighted by Crippen LogP contribution is 2.34. The summed E-state index contributed by atoms with van der Waals surface area (Å²) in [6.07, 6.45) is 1.47. The number of carbonyl (C=O) groups excluding carboxylic acids is 1. The van der Waals surface area contributed by atoms with Gasteiger partial charge in [0.1, 0.15) is 0 Å². The summed E-state index contributed by atoms with van der Waals surface area (Å²) in [7, 11) is 1.68. The minimum Gasteiger partial charge on any atom is -0.383 e. The Balaban J connectivity index is 1.93. The lowest BCUT2D eigenvalue weighted by molar-refractivity contribution is -0.130. The van der Waals surface area contributed by atoms with Crippen molar-refractivity contribution in [3.05, 3.63) is 35.9 Å². The van der Waals surface area contributed by atoms with E-state index in [1.165, 1.54) is 0 Å². The molecule has 0 atom stereocenters. The van der Waals surface area contributed by atoms with Crippen LogP contribution in [0.25, 0.3) is 0 Å². The quantitative estimate of drug-likeness (QED) is 0.706. The van der Waals surface area contributed by atoms with Crippen molar-refractivity contribution in [2.24, 2.45) is 0 Å². The molecule has 1 fully saturated rings. The van der Waals surface area contributed by atoms with E-state index in [0.717, 1.165) is 31.5 Å². The van der Waals surface area contributed by atoms with Crippen LogP contribution in [-0.2, 0) is 19.7 Å². The highest BCUT2D eigenvalue weighted by Gasteiger charge is 2.41. The lowest BCUT2D eigenvalue weighted by Gasteiger charge is -2.36. The average Bonchev–Trinajstić information content (AvgIpc) is 2.59. The maximum Gasteiger partial charge on any atom is 0.230 e. The maximum absolute atomic E-state index is 12.8. The molecule has 0 aromatic heterocycles. The molecule has 1 heterocycles. The van der Waals surface area contributed by atoms with Crippen molar-refractivity contribution < 1.29 is 14.3 Å². The molecular formula is C17H26N2O3. The SMILES string of the molecule is COCCNCCNC(=O)C1(c2ccccc2)CCOCC1. The van der Waals surface area contributed by atoms with Gasteiger partial charge in [-0.15, -0.1) is 0 Å². The number of nitrogens with one attached hydrogen (secondary N) is 2. The minimum atomic E-state index is -0.452. The number of methoxy groups -OCH3 is 1. The molecule has 5 nitrogen and oxygen atoms in total. The van der Waals surface area contributed by atoms with Gasteiger partial charge in [0.15, 0.2) is 0 Å². The first-order valence-corrected chi connectivity index (χ1v) is 7.91. The Morgan fingerprint density at radius 2 is 1.91 bits per heavy atom. The fraction of sp³-hybridized carbons (Fsp3) is 0.588. The number of amides is 1. The third-order valence-electron chi connectivity index (χ3n) is 4.18. The largest absolute Gasteiger partial charge is 0.383 e. The molecule has 1 amide bonds. The van der Waals surface area contributed by atoms with Gasteiger partial charge in [0.25, 0.3) is 0 Å². The highest BCUT2D eigenvalue weighted by molar-refractivity contribution is 5.88. The summed E-state index contributed by atoms with van der Waals surface area (Å²) in [5, 5.41) is 6.30. The highest BCUT2D eigenvalue weighted by atomic mass is 16.5. The zero-order valence-electron chi connectivity index (χ0n) is 13.3. The van der Waals surface area contributed by atoms with Crippen molar-refractivity contribution in [1.82, 2.24) is 10.6 Å². The molecule has 0 unspecified atom stereocenters. The molecule has 0 bridgehead atoms. The first kappa shape index (κ1) is 16.9. The van der Waals surface area contributed by atoms with E-state index in [4.69, 9.17) is 9.47 Å². The van der Waals surface area contributed by atoms with Gasteiger partial charge in [-0.25, -0.2) is 0 Å². The number of ether oxygens (including phenoxy) is 2. The van der Waals surface area contributed by atoms with E-state index in [1.54, 1.807) is 7.11 Å². The molecule has 2 rings (SSSR count). The van der Waals surface area contributed by atoms with Crippen LogP contribution in [0.1, 0.15) is 18.4 Å². The fourth-order valence-corrected chi connectivity index (χ4v) is 2.86. The Kier molecular flexibility index (Phi) is 6.83. The molecule has 1 saturated heterocycles. The van der Waals surface area contributed by atoms with E-state index in [2.05, 4.69) is 10.6 Å². The van der Waals surface area contributed by atoms with Gasteiger partial charge < -0.3 is 20.1 Å². The molecule has 1 aliphatic rings. The Hall–Kier alpha value is -1.43. The molecule has 122 valence electrons. The monoisotopic (exact) mass is 306 g/mol. The number of carbonyl (C=O) groups is 1. The van der Waals surface area contributed by atoms with Gasteiger partial charge in [0.2, 0.25) is 5.91 Å². The van der Waals surface area contributed by atoms with Crippen molar-refractivity contribution in [1.29, 1.82) is 0 Å². The van der Waals surface area contributed by atoms with Crippen molar-refractivity contribution in [3.63, 3.8) is 0 Å². The Bertz CT molecular complexity index is 444. The summed E-state index contributed by atoms with van der Waals surface area (Å²) in [5.41, 5.74) is 0.634. The number of hydrogen-bond acceptors (Lipinski definition) is 4. The van der Waals surface area contributed by atoms with Crippen LogP contribution in [-0.4, -0.2) is 52.5 Å². The molecule has 5 heteroatoms. The van der Waals surface area contributed by atoms with Gasteiger partial charge in [-0.1, -0.05) is 30.3 Å². The van der Waals surface area contributed by atoms with Crippen LogP contribution >= 0.6 is 0 Å². The van der Waals surface area contributed by atoms with Crippen LogP contribution in [0.3, 0.4) is 0 Å². The van der Waals surface area contributed by atoms with Gasteiger partial charge in [-0.3, -0.25) is 4.79 Å². The second-order valence-electron chi connectivity index (χ2n) is 5.56. The molecule has 22 heavy (non-hydrogen) atoms. The maximum atomic E-state index is 12.8. The minimum absolute atomic E-state index is 0.107. The summed E-state index contributed by atoms with van der Waals surface area (Å²) in [6.45, 7) is 4.11. The Morgan fingerprint density at radius 1 is 1.18 bits per heavy atom. The molecule has 0 spiro atoms. The molecule has 1 aliphatic heterocycles. The third kappa shape index (κ3) is 4.29. The van der Waals surface area contributed by atoms with E-state index in [9.17, 15) is 4.79 Å². The lowest BCUT2D eigenvalue weighted by atomic mass is 9.73. The number of rotatable bonds is 8. The predicted octanol–water partition coefficient (Wildman–Crippen LogP) is 1.09. The summed E-state index contributed by atoms with van der Waals surface area (Å²) < 4.78 is 10.4. The van der Waals surface area contributed by atoms with E-state index in [1.807, 2.05) is 30.3 Å².